The highest BCUT2D eigenvalue weighted by atomic mass is 19.4. The van der Waals surface area contributed by atoms with E-state index in [4.69, 9.17) is 18.7 Å². The first-order valence-electron chi connectivity index (χ1n) is 9.73. The fraction of sp³-hybridized carbons (Fsp3) is 0.227. The van der Waals surface area contributed by atoms with E-state index in [0.717, 1.165) is 11.6 Å². The van der Waals surface area contributed by atoms with Gasteiger partial charge in [-0.05, 0) is 35.9 Å². The summed E-state index contributed by atoms with van der Waals surface area (Å²) < 4.78 is 61.0. The Morgan fingerprint density at radius 2 is 1.67 bits per heavy atom. The average Bonchev–Trinajstić information content (AvgIpc) is 3.48. The van der Waals surface area contributed by atoms with E-state index in [2.05, 4.69) is 15.2 Å². The number of para-hydroxylation sites is 1. The van der Waals surface area contributed by atoms with Crippen LogP contribution in [0.25, 0.3) is 11.5 Å². The number of rotatable bonds is 8. The number of aromatic nitrogens is 4. The molecule has 11 heteroatoms. The van der Waals surface area contributed by atoms with Crippen LogP contribution in [-0.4, -0.2) is 34.1 Å². The lowest BCUT2D eigenvalue weighted by Gasteiger charge is -2.12. The number of nitrogens with zero attached hydrogens (tertiary/aromatic N) is 4. The van der Waals surface area contributed by atoms with Gasteiger partial charge in [0.05, 0.1) is 20.8 Å². The first-order valence-corrected chi connectivity index (χ1v) is 9.73. The van der Waals surface area contributed by atoms with Crippen molar-refractivity contribution in [1.29, 1.82) is 0 Å². The van der Waals surface area contributed by atoms with Crippen molar-refractivity contribution in [3.8, 4) is 28.7 Å². The van der Waals surface area contributed by atoms with Crippen molar-refractivity contribution in [2.45, 2.75) is 19.3 Å². The molecule has 172 valence electrons. The van der Waals surface area contributed by atoms with Crippen LogP contribution in [0.15, 0.2) is 59.3 Å². The van der Waals surface area contributed by atoms with Gasteiger partial charge in [-0.3, -0.25) is 4.68 Å². The average molecular weight is 460 g/mol. The largest absolute Gasteiger partial charge is 0.493 e. The Hall–Kier alpha value is -4.02. The summed E-state index contributed by atoms with van der Waals surface area (Å²) in [6.45, 7) is 0.221. The molecule has 0 bridgehead atoms. The first-order chi connectivity index (χ1) is 15.9. The molecule has 8 nitrogen and oxygen atoms in total. The van der Waals surface area contributed by atoms with Gasteiger partial charge in [0.2, 0.25) is 11.6 Å². The first kappa shape index (κ1) is 22.2. The Bertz CT molecular complexity index is 1200. The van der Waals surface area contributed by atoms with Crippen molar-refractivity contribution in [1.82, 2.24) is 19.9 Å². The van der Waals surface area contributed by atoms with Crippen molar-refractivity contribution in [2.75, 3.05) is 14.2 Å². The van der Waals surface area contributed by atoms with Gasteiger partial charge < -0.3 is 18.7 Å². The predicted molar refractivity (Wildman–Crippen MR) is 110 cm³/mol. The molecule has 2 aromatic heterocycles. The van der Waals surface area contributed by atoms with Gasteiger partial charge in [-0.1, -0.05) is 23.4 Å². The van der Waals surface area contributed by atoms with Gasteiger partial charge in [0.25, 0.3) is 5.89 Å². The molecule has 0 N–H and O–H groups in total. The molecule has 0 aliphatic carbocycles. The fourth-order valence-electron chi connectivity index (χ4n) is 3.07. The third kappa shape index (κ3) is 5.08. The van der Waals surface area contributed by atoms with Gasteiger partial charge in [-0.2, -0.15) is 23.3 Å². The Morgan fingerprint density at radius 1 is 0.970 bits per heavy atom. The van der Waals surface area contributed by atoms with Crippen molar-refractivity contribution in [3.05, 3.63) is 71.8 Å². The van der Waals surface area contributed by atoms with Crippen molar-refractivity contribution < 1.29 is 31.9 Å². The summed E-state index contributed by atoms with van der Waals surface area (Å²) in [5, 5.41) is 7.47. The summed E-state index contributed by atoms with van der Waals surface area (Å²) >= 11 is 0. The SMILES string of the molecule is COc1cccc(OC)c1OCc1noc(-c2ccc(Cn3ccc(C(F)(F)F)n3)cc2)n1. The third-order valence-corrected chi connectivity index (χ3v) is 4.67. The standard InChI is InChI=1S/C22H19F3N4O4/c1-30-16-4-3-5-17(31-2)20(16)32-13-19-26-21(33-28-19)15-8-6-14(7-9-15)12-29-11-10-18(27-29)22(23,24)25/h3-11H,12-13H2,1-2H3. The number of halogens is 3. The molecule has 0 saturated carbocycles. The van der Waals surface area contributed by atoms with E-state index in [1.54, 1.807) is 42.5 Å². The van der Waals surface area contributed by atoms with Crippen LogP contribution in [0, 0.1) is 0 Å². The van der Waals surface area contributed by atoms with E-state index in [1.807, 2.05) is 0 Å². The number of hydrogen-bond donors (Lipinski definition) is 0. The summed E-state index contributed by atoms with van der Waals surface area (Å²) in [5.74, 6) is 2.04. The smallest absolute Gasteiger partial charge is 0.435 e. The zero-order chi connectivity index (χ0) is 23.4. The molecule has 0 aliphatic heterocycles. The minimum Gasteiger partial charge on any atom is -0.493 e. The van der Waals surface area contributed by atoms with Crippen molar-refractivity contribution >= 4 is 0 Å². The molecule has 0 spiro atoms. The molecule has 0 amide bonds. The molecule has 0 unspecified atom stereocenters. The van der Waals surface area contributed by atoms with E-state index < -0.39 is 11.9 Å². The molecular formula is C22H19F3N4O4. The van der Waals surface area contributed by atoms with Gasteiger partial charge in [0, 0.05) is 11.8 Å². The monoisotopic (exact) mass is 460 g/mol. The van der Waals surface area contributed by atoms with Crippen LogP contribution in [0.4, 0.5) is 13.2 Å². The quantitative estimate of drug-likeness (QED) is 0.380. The summed E-state index contributed by atoms with van der Waals surface area (Å²) in [5.41, 5.74) is 0.496. The second-order valence-corrected chi connectivity index (χ2v) is 6.89. The summed E-state index contributed by atoms with van der Waals surface area (Å²) in [6.07, 6.45) is -3.18. The number of alkyl halides is 3. The van der Waals surface area contributed by atoms with E-state index in [0.29, 0.717) is 28.6 Å². The molecule has 0 fully saturated rings. The van der Waals surface area contributed by atoms with E-state index >= 15 is 0 Å². The van der Waals surface area contributed by atoms with Gasteiger partial charge in [-0.15, -0.1) is 0 Å². The second kappa shape index (κ2) is 9.23. The van der Waals surface area contributed by atoms with Crippen LogP contribution in [0.1, 0.15) is 17.1 Å². The Morgan fingerprint density at radius 3 is 2.27 bits per heavy atom. The van der Waals surface area contributed by atoms with Gasteiger partial charge in [0.15, 0.2) is 23.8 Å². The van der Waals surface area contributed by atoms with Crippen LogP contribution in [-0.2, 0) is 19.3 Å². The maximum Gasteiger partial charge on any atom is 0.435 e. The predicted octanol–water partition coefficient (Wildman–Crippen LogP) is 4.60. The van der Waals surface area contributed by atoms with E-state index in [-0.39, 0.29) is 19.0 Å². The Labute approximate surface area is 186 Å². The lowest BCUT2D eigenvalue weighted by atomic mass is 10.1. The van der Waals surface area contributed by atoms with Crippen LogP contribution >= 0.6 is 0 Å². The molecule has 33 heavy (non-hydrogen) atoms. The second-order valence-electron chi connectivity index (χ2n) is 6.89. The highest BCUT2D eigenvalue weighted by Crippen LogP contribution is 2.37. The third-order valence-electron chi connectivity index (χ3n) is 4.67. The maximum absolute atomic E-state index is 12.7. The molecule has 2 aromatic carbocycles. The van der Waals surface area contributed by atoms with Crippen LogP contribution in [0.3, 0.4) is 0 Å². The molecule has 4 aromatic rings. The number of benzene rings is 2. The normalized spacial score (nSPS) is 11.4. The Kier molecular flexibility index (Phi) is 6.20. The van der Waals surface area contributed by atoms with Gasteiger partial charge >= 0.3 is 6.18 Å². The lowest BCUT2D eigenvalue weighted by Crippen LogP contribution is -2.08. The Balaban J connectivity index is 1.41. The molecule has 0 atom stereocenters. The highest BCUT2D eigenvalue weighted by molar-refractivity contribution is 5.53. The van der Waals surface area contributed by atoms with E-state index in [9.17, 15) is 13.2 Å². The molecular weight excluding hydrogens is 441 g/mol. The number of ether oxygens (including phenoxy) is 3. The number of methoxy groups -OCH3 is 2. The van der Waals surface area contributed by atoms with Gasteiger partial charge in [0.1, 0.15) is 0 Å². The minimum atomic E-state index is -4.47. The van der Waals surface area contributed by atoms with Crippen LogP contribution in [0.2, 0.25) is 0 Å². The summed E-state index contributed by atoms with van der Waals surface area (Å²) in [7, 11) is 3.05. The van der Waals surface area contributed by atoms with E-state index in [1.165, 1.54) is 25.1 Å². The topological polar surface area (TPSA) is 84.4 Å². The molecule has 0 saturated heterocycles. The minimum absolute atomic E-state index is 0.0269. The number of hydrogen-bond acceptors (Lipinski definition) is 7. The fourth-order valence-corrected chi connectivity index (χ4v) is 3.07. The van der Waals surface area contributed by atoms with Crippen LogP contribution < -0.4 is 14.2 Å². The van der Waals surface area contributed by atoms with Crippen molar-refractivity contribution in [2.24, 2.45) is 0 Å². The molecule has 2 heterocycles. The van der Waals surface area contributed by atoms with Crippen LogP contribution in [0.5, 0.6) is 17.2 Å². The molecule has 4 rings (SSSR count). The zero-order valence-electron chi connectivity index (χ0n) is 17.7. The highest BCUT2D eigenvalue weighted by Gasteiger charge is 2.33. The maximum atomic E-state index is 12.7. The molecule has 0 radical (unpaired) electrons. The molecule has 0 aliphatic rings. The summed E-state index contributed by atoms with van der Waals surface area (Å²) in [4.78, 5) is 4.32. The van der Waals surface area contributed by atoms with Gasteiger partial charge in [-0.25, -0.2) is 0 Å². The summed E-state index contributed by atoms with van der Waals surface area (Å²) in [6, 6.07) is 13.2. The lowest BCUT2D eigenvalue weighted by molar-refractivity contribution is -0.141. The zero-order valence-corrected chi connectivity index (χ0v) is 17.7. The van der Waals surface area contributed by atoms with Crippen molar-refractivity contribution in [3.63, 3.8) is 0 Å².